The van der Waals surface area contributed by atoms with Crippen LogP contribution in [0.2, 0.25) is 0 Å². The second kappa shape index (κ2) is 3.09. The molecule has 1 fully saturated rings. The Labute approximate surface area is 77.2 Å². The Morgan fingerprint density at radius 1 is 1.64 bits per heavy atom. The van der Waals surface area contributed by atoms with Crippen molar-refractivity contribution in [1.29, 1.82) is 0 Å². The first kappa shape index (κ1) is 8.33. The molecule has 1 rings (SSSR count). The minimum atomic E-state index is -0.576. The molecule has 5 heteroatoms. The maximum atomic E-state index is 10.9. The van der Waals surface area contributed by atoms with Crippen LogP contribution < -0.4 is 10.6 Å². The van der Waals surface area contributed by atoms with Gasteiger partial charge in [-0.3, -0.25) is 10.1 Å². The van der Waals surface area contributed by atoms with Gasteiger partial charge in [0.15, 0.2) is 0 Å². The largest absolute Gasteiger partial charge is 0.324 e. The monoisotopic (exact) mass is 264 g/mol. The van der Waals surface area contributed by atoms with Crippen LogP contribution >= 0.6 is 22.6 Å². The van der Waals surface area contributed by atoms with Crippen molar-refractivity contribution in [3.63, 3.8) is 0 Å². The van der Waals surface area contributed by atoms with E-state index < -0.39 is 12.1 Å². The van der Waals surface area contributed by atoms with Gasteiger partial charge < -0.3 is 5.32 Å². The molecule has 0 spiro atoms. The summed E-state index contributed by atoms with van der Waals surface area (Å²) in [6, 6.07) is -1.05. The van der Waals surface area contributed by atoms with Crippen molar-refractivity contribution in [2.45, 2.75) is 9.97 Å². The molecule has 1 aliphatic rings. The van der Waals surface area contributed by atoms with Gasteiger partial charge in [-0.25, -0.2) is 4.79 Å². The molecule has 2 atom stereocenters. The first-order valence-corrected chi connectivity index (χ1v) is 4.11. The highest BCUT2D eigenvalue weighted by molar-refractivity contribution is 14.1. The lowest BCUT2D eigenvalue weighted by Gasteiger charge is -2.06. The number of halogens is 1. The lowest BCUT2D eigenvalue weighted by Crippen LogP contribution is -2.36. The number of carbonyl (C=O) groups excluding carboxylic acids is 2. The van der Waals surface area contributed by atoms with E-state index in [2.05, 4.69) is 16.6 Å². The molecule has 1 heterocycles. The summed E-state index contributed by atoms with van der Waals surface area (Å²) < 4.78 is -0.293. The number of hydrogen-bond donors (Lipinski definition) is 2. The molecule has 0 aromatic carbocycles. The summed E-state index contributed by atoms with van der Waals surface area (Å²) in [5, 5.41) is 4.50. The molecule has 0 saturated carbocycles. The predicted molar refractivity (Wildman–Crippen MR) is 47.1 cm³/mol. The van der Waals surface area contributed by atoms with Crippen molar-refractivity contribution in [3.8, 4) is 12.3 Å². The SMILES string of the molecule is C#CC(I)C1NC(=O)NC1=O. The Balaban J connectivity index is 2.69. The topological polar surface area (TPSA) is 58.2 Å². The van der Waals surface area contributed by atoms with E-state index in [1.54, 1.807) is 0 Å². The van der Waals surface area contributed by atoms with Crippen LogP contribution in [-0.2, 0) is 4.79 Å². The van der Waals surface area contributed by atoms with Gasteiger partial charge in [0.1, 0.15) is 9.97 Å². The fourth-order valence-corrected chi connectivity index (χ4v) is 1.24. The number of nitrogens with one attached hydrogen (secondary N) is 2. The molecule has 4 nitrogen and oxygen atoms in total. The molecule has 11 heavy (non-hydrogen) atoms. The highest BCUT2D eigenvalue weighted by Gasteiger charge is 2.33. The Morgan fingerprint density at radius 3 is 2.64 bits per heavy atom. The number of terminal acetylenes is 1. The van der Waals surface area contributed by atoms with E-state index >= 15 is 0 Å². The van der Waals surface area contributed by atoms with E-state index in [0.717, 1.165) is 0 Å². The number of hydrogen-bond acceptors (Lipinski definition) is 2. The quantitative estimate of drug-likeness (QED) is 0.294. The molecule has 58 valence electrons. The molecule has 0 bridgehead atoms. The van der Waals surface area contributed by atoms with Crippen molar-refractivity contribution in [2.75, 3.05) is 0 Å². The zero-order valence-corrected chi connectivity index (χ0v) is 7.58. The number of imide groups is 1. The van der Waals surface area contributed by atoms with Gasteiger partial charge in [0.25, 0.3) is 5.91 Å². The van der Waals surface area contributed by atoms with Crippen LogP contribution in [0.4, 0.5) is 4.79 Å². The predicted octanol–water partition coefficient (Wildman–Crippen LogP) is -0.369. The standard InChI is InChI=1S/C6H5IN2O2/c1-2-3(7)4-5(10)9-6(11)8-4/h1,3-4H,(H2,8,9,10,11). The van der Waals surface area contributed by atoms with Gasteiger partial charge in [-0.05, 0) is 0 Å². The van der Waals surface area contributed by atoms with E-state index in [4.69, 9.17) is 6.42 Å². The normalized spacial score (nSPS) is 25.3. The average Bonchev–Trinajstić information content (AvgIpc) is 2.28. The van der Waals surface area contributed by atoms with Gasteiger partial charge in [-0.2, -0.15) is 0 Å². The number of urea groups is 1. The van der Waals surface area contributed by atoms with Crippen LogP contribution in [-0.4, -0.2) is 21.9 Å². The Hall–Kier alpha value is -0.770. The minimum Gasteiger partial charge on any atom is -0.324 e. The van der Waals surface area contributed by atoms with E-state index in [0.29, 0.717) is 0 Å². The van der Waals surface area contributed by atoms with Crippen molar-refractivity contribution < 1.29 is 9.59 Å². The van der Waals surface area contributed by atoms with E-state index in [9.17, 15) is 9.59 Å². The Kier molecular flexibility index (Phi) is 2.34. The lowest BCUT2D eigenvalue weighted by atomic mass is 10.2. The van der Waals surface area contributed by atoms with Crippen LogP contribution in [0.25, 0.3) is 0 Å². The van der Waals surface area contributed by atoms with Gasteiger partial charge in [0.2, 0.25) is 0 Å². The Morgan fingerprint density at radius 2 is 2.27 bits per heavy atom. The first-order chi connectivity index (χ1) is 5.15. The molecule has 0 aromatic rings. The number of carbonyl (C=O) groups is 2. The second-order valence-electron chi connectivity index (χ2n) is 2.01. The number of alkyl halides is 1. The van der Waals surface area contributed by atoms with Gasteiger partial charge in [-0.15, -0.1) is 6.42 Å². The van der Waals surface area contributed by atoms with Crippen LogP contribution in [0.5, 0.6) is 0 Å². The Bertz CT molecular complexity index is 245. The maximum absolute atomic E-state index is 10.9. The van der Waals surface area contributed by atoms with E-state index in [1.165, 1.54) is 0 Å². The molecule has 0 aromatic heterocycles. The zero-order chi connectivity index (χ0) is 8.43. The van der Waals surface area contributed by atoms with Gasteiger partial charge in [-0.1, -0.05) is 28.5 Å². The molecular weight excluding hydrogens is 259 g/mol. The summed E-state index contributed by atoms with van der Waals surface area (Å²) in [6.07, 6.45) is 5.07. The van der Waals surface area contributed by atoms with E-state index in [1.807, 2.05) is 22.6 Å². The average molecular weight is 264 g/mol. The second-order valence-corrected chi connectivity index (χ2v) is 3.35. The molecule has 2 N–H and O–H groups in total. The number of amides is 3. The molecule has 1 aliphatic heterocycles. The third-order valence-corrected chi connectivity index (χ3v) is 2.34. The van der Waals surface area contributed by atoms with Crippen molar-refractivity contribution in [2.24, 2.45) is 0 Å². The van der Waals surface area contributed by atoms with Crippen molar-refractivity contribution in [3.05, 3.63) is 0 Å². The molecule has 3 amide bonds. The summed E-state index contributed by atoms with van der Waals surface area (Å²) in [4.78, 5) is 21.5. The molecular formula is C6H5IN2O2. The summed E-state index contributed by atoms with van der Waals surface area (Å²) in [5.41, 5.74) is 0. The highest BCUT2D eigenvalue weighted by Crippen LogP contribution is 2.08. The zero-order valence-electron chi connectivity index (χ0n) is 5.43. The van der Waals surface area contributed by atoms with Crippen LogP contribution in [0, 0.1) is 12.3 Å². The lowest BCUT2D eigenvalue weighted by molar-refractivity contribution is -0.119. The van der Waals surface area contributed by atoms with Gasteiger partial charge in [0, 0.05) is 0 Å². The fraction of sp³-hybridized carbons (Fsp3) is 0.333. The fourth-order valence-electron chi connectivity index (χ4n) is 0.735. The summed E-state index contributed by atoms with van der Waals surface area (Å²) in [7, 11) is 0. The highest BCUT2D eigenvalue weighted by atomic mass is 127. The molecule has 2 unspecified atom stereocenters. The molecule has 0 aliphatic carbocycles. The van der Waals surface area contributed by atoms with Crippen molar-refractivity contribution in [1.82, 2.24) is 10.6 Å². The van der Waals surface area contributed by atoms with Crippen LogP contribution in [0.15, 0.2) is 0 Å². The minimum absolute atomic E-state index is 0.293. The third-order valence-electron chi connectivity index (χ3n) is 1.26. The van der Waals surface area contributed by atoms with Crippen LogP contribution in [0.3, 0.4) is 0 Å². The number of rotatable bonds is 1. The summed E-state index contributed by atoms with van der Waals surface area (Å²) in [6.45, 7) is 0. The van der Waals surface area contributed by atoms with Crippen LogP contribution in [0.1, 0.15) is 0 Å². The van der Waals surface area contributed by atoms with Gasteiger partial charge in [0.05, 0.1) is 0 Å². The first-order valence-electron chi connectivity index (χ1n) is 2.86. The molecule has 1 saturated heterocycles. The summed E-state index contributed by atoms with van der Waals surface area (Å²) in [5.74, 6) is 2.01. The molecule has 0 radical (unpaired) electrons. The van der Waals surface area contributed by atoms with Crippen molar-refractivity contribution >= 4 is 34.5 Å². The maximum Gasteiger partial charge on any atom is 0.322 e. The van der Waals surface area contributed by atoms with E-state index in [-0.39, 0.29) is 9.83 Å². The third kappa shape index (κ3) is 1.63. The van der Waals surface area contributed by atoms with Gasteiger partial charge >= 0.3 is 6.03 Å². The smallest absolute Gasteiger partial charge is 0.322 e. The summed E-state index contributed by atoms with van der Waals surface area (Å²) >= 11 is 1.92.